The maximum absolute atomic E-state index is 5.89. The number of hydrogen-bond acceptors (Lipinski definition) is 1. The van der Waals surface area contributed by atoms with Crippen molar-refractivity contribution in [1.29, 1.82) is 0 Å². The van der Waals surface area contributed by atoms with E-state index in [1.165, 1.54) is 0 Å². The van der Waals surface area contributed by atoms with E-state index in [9.17, 15) is 0 Å². The highest BCUT2D eigenvalue weighted by Gasteiger charge is 1.99. The fourth-order valence-electron chi connectivity index (χ4n) is 1.50. The molecule has 0 saturated heterocycles. The molecule has 0 aliphatic carbocycles. The Labute approximate surface area is 106 Å². The summed E-state index contributed by atoms with van der Waals surface area (Å²) < 4.78 is 5.69. The minimum absolute atomic E-state index is 0.604. The first-order chi connectivity index (χ1) is 8.28. The van der Waals surface area contributed by atoms with Crippen molar-refractivity contribution in [2.45, 2.75) is 6.42 Å². The van der Waals surface area contributed by atoms with Gasteiger partial charge in [0.2, 0.25) is 0 Å². The maximum atomic E-state index is 5.89. The summed E-state index contributed by atoms with van der Waals surface area (Å²) in [5, 5.41) is 0.655. The number of ether oxygens (including phenoxy) is 1. The standard InChI is InChI=1S/C15H11ClO/c1-2-5-12-6-3-8-14(10-12)17-15-9-4-7-13(16)11-15/h1,3-4,6-11H,5H2. The molecular weight excluding hydrogens is 232 g/mol. The smallest absolute Gasteiger partial charge is 0.128 e. The predicted octanol–water partition coefficient (Wildman–Crippen LogP) is 4.31. The molecule has 2 aromatic carbocycles. The summed E-state index contributed by atoms with van der Waals surface area (Å²) in [7, 11) is 0. The van der Waals surface area contributed by atoms with Crippen molar-refractivity contribution in [3.8, 4) is 23.8 Å². The molecule has 0 fully saturated rings. The van der Waals surface area contributed by atoms with Crippen LogP contribution in [-0.4, -0.2) is 0 Å². The summed E-state index contributed by atoms with van der Waals surface area (Å²) in [6.07, 6.45) is 5.88. The summed E-state index contributed by atoms with van der Waals surface area (Å²) in [4.78, 5) is 0. The number of benzene rings is 2. The van der Waals surface area contributed by atoms with Gasteiger partial charge in [0.1, 0.15) is 11.5 Å². The van der Waals surface area contributed by atoms with Crippen LogP contribution in [0.2, 0.25) is 5.02 Å². The van der Waals surface area contributed by atoms with E-state index < -0.39 is 0 Å². The van der Waals surface area contributed by atoms with Gasteiger partial charge in [0.25, 0.3) is 0 Å². The van der Waals surface area contributed by atoms with E-state index in [1.807, 2.05) is 42.5 Å². The monoisotopic (exact) mass is 242 g/mol. The first-order valence-corrected chi connectivity index (χ1v) is 5.61. The molecule has 0 aliphatic heterocycles. The first-order valence-electron chi connectivity index (χ1n) is 5.24. The Bertz CT molecular complexity index is 555. The van der Waals surface area contributed by atoms with Gasteiger partial charge in [-0.2, -0.15) is 0 Å². The third kappa shape index (κ3) is 3.27. The molecule has 2 heteroatoms. The van der Waals surface area contributed by atoms with Crippen molar-refractivity contribution in [2.24, 2.45) is 0 Å². The van der Waals surface area contributed by atoms with Crippen molar-refractivity contribution in [3.63, 3.8) is 0 Å². The van der Waals surface area contributed by atoms with E-state index in [2.05, 4.69) is 5.92 Å². The van der Waals surface area contributed by atoms with Gasteiger partial charge in [0, 0.05) is 11.4 Å². The topological polar surface area (TPSA) is 9.23 Å². The van der Waals surface area contributed by atoms with E-state index in [1.54, 1.807) is 6.07 Å². The Morgan fingerprint density at radius 2 is 1.76 bits per heavy atom. The van der Waals surface area contributed by atoms with Crippen LogP contribution in [0.1, 0.15) is 5.56 Å². The third-order valence-electron chi connectivity index (χ3n) is 2.24. The highest BCUT2D eigenvalue weighted by atomic mass is 35.5. The molecule has 0 aromatic heterocycles. The van der Waals surface area contributed by atoms with Gasteiger partial charge in [-0.1, -0.05) is 29.8 Å². The first kappa shape index (κ1) is 11.6. The third-order valence-corrected chi connectivity index (χ3v) is 2.47. The molecule has 0 bridgehead atoms. The van der Waals surface area contributed by atoms with Gasteiger partial charge in [-0.05, 0) is 35.9 Å². The number of hydrogen-bond donors (Lipinski definition) is 0. The lowest BCUT2D eigenvalue weighted by Crippen LogP contribution is -1.86. The molecule has 0 saturated carbocycles. The molecule has 2 rings (SSSR count). The normalized spacial score (nSPS) is 9.65. The molecule has 1 nitrogen and oxygen atoms in total. The van der Waals surface area contributed by atoms with Gasteiger partial charge in [-0.3, -0.25) is 0 Å². The van der Waals surface area contributed by atoms with E-state index in [4.69, 9.17) is 22.8 Å². The fourth-order valence-corrected chi connectivity index (χ4v) is 1.68. The van der Waals surface area contributed by atoms with Gasteiger partial charge in [0.05, 0.1) is 0 Å². The van der Waals surface area contributed by atoms with E-state index in [0.717, 1.165) is 17.1 Å². The largest absolute Gasteiger partial charge is 0.457 e. The van der Waals surface area contributed by atoms with Crippen LogP contribution in [0.5, 0.6) is 11.5 Å². The Balaban J connectivity index is 2.19. The summed E-state index contributed by atoms with van der Waals surface area (Å²) in [6, 6.07) is 15.0. The molecule has 0 heterocycles. The molecule has 84 valence electrons. The SMILES string of the molecule is C#CCc1cccc(Oc2cccc(Cl)c2)c1. The number of halogens is 1. The van der Waals surface area contributed by atoms with Gasteiger partial charge in [-0.25, -0.2) is 0 Å². The average Bonchev–Trinajstić information content (AvgIpc) is 2.30. The van der Waals surface area contributed by atoms with E-state index >= 15 is 0 Å². The van der Waals surface area contributed by atoms with Crippen molar-refractivity contribution >= 4 is 11.6 Å². The van der Waals surface area contributed by atoms with E-state index in [-0.39, 0.29) is 0 Å². The Hall–Kier alpha value is -1.91. The van der Waals surface area contributed by atoms with Crippen LogP contribution < -0.4 is 4.74 Å². The van der Waals surface area contributed by atoms with Gasteiger partial charge < -0.3 is 4.74 Å². The highest BCUT2D eigenvalue weighted by Crippen LogP contribution is 2.24. The lowest BCUT2D eigenvalue weighted by atomic mass is 10.1. The number of terminal acetylenes is 1. The Morgan fingerprint density at radius 3 is 2.47 bits per heavy atom. The summed E-state index contributed by atoms with van der Waals surface area (Å²) in [6.45, 7) is 0. The maximum Gasteiger partial charge on any atom is 0.128 e. The Kier molecular flexibility index (Phi) is 3.69. The minimum atomic E-state index is 0.604. The summed E-state index contributed by atoms with van der Waals surface area (Å²) in [5.74, 6) is 4.09. The zero-order chi connectivity index (χ0) is 12.1. The molecule has 0 aliphatic rings. The van der Waals surface area contributed by atoms with Crippen LogP contribution in [0.25, 0.3) is 0 Å². The van der Waals surface area contributed by atoms with Crippen molar-refractivity contribution in [2.75, 3.05) is 0 Å². The zero-order valence-corrected chi connectivity index (χ0v) is 9.95. The molecule has 0 unspecified atom stereocenters. The lowest BCUT2D eigenvalue weighted by molar-refractivity contribution is 0.482. The summed E-state index contributed by atoms with van der Waals surface area (Å²) >= 11 is 5.89. The van der Waals surface area contributed by atoms with Crippen LogP contribution in [0.15, 0.2) is 48.5 Å². The molecule has 17 heavy (non-hydrogen) atoms. The lowest BCUT2D eigenvalue weighted by Gasteiger charge is -2.06. The molecule has 0 atom stereocenters. The van der Waals surface area contributed by atoms with Gasteiger partial charge >= 0.3 is 0 Å². The van der Waals surface area contributed by atoms with Crippen molar-refractivity contribution in [1.82, 2.24) is 0 Å². The molecule has 0 radical (unpaired) electrons. The number of rotatable bonds is 3. The second kappa shape index (κ2) is 5.43. The van der Waals surface area contributed by atoms with Crippen LogP contribution in [0.3, 0.4) is 0 Å². The molecule has 2 aromatic rings. The van der Waals surface area contributed by atoms with Crippen LogP contribution in [0, 0.1) is 12.3 Å². The van der Waals surface area contributed by atoms with Crippen LogP contribution in [0.4, 0.5) is 0 Å². The van der Waals surface area contributed by atoms with Gasteiger partial charge in [0.15, 0.2) is 0 Å². The quantitative estimate of drug-likeness (QED) is 0.729. The molecule has 0 amide bonds. The second-order valence-electron chi connectivity index (χ2n) is 3.59. The average molecular weight is 243 g/mol. The Morgan fingerprint density at radius 1 is 1.06 bits per heavy atom. The van der Waals surface area contributed by atoms with Crippen LogP contribution in [-0.2, 0) is 6.42 Å². The predicted molar refractivity (Wildman–Crippen MR) is 70.5 cm³/mol. The molecule has 0 N–H and O–H groups in total. The second-order valence-corrected chi connectivity index (χ2v) is 4.02. The van der Waals surface area contributed by atoms with Crippen molar-refractivity contribution < 1.29 is 4.74 Å². The zero-order valence-electron chi connectivity index (χ0n) is 9.19. The van der Waals surface area contributed by atoms with Gasteiger partial charge in [-0.15, -0.1) is 12.3 Å². The summed E-state index contributed by atoms with van der Waals surface area (Å²) in [5.41, 5.74) is 1.06. The molecular formula is C15H11ClO. The van der Waals surface area contributed by atoms with Crippen molar-refractivity contribution in [3.05, 3.63) is 59.1 Å². The van der Waals surface area contributed by atoms with E-state index in [0.29, 0.717) is 11.4 Å². The minimum Gasteiger partial charge on any atom is -0.457 e. The van der Waals surface area contributed by atoms with Crippen LogP contribution >= 0.6 is 11.6 Å². The highest BCUT2D eigenvalue weighted by molar-refractivity contribution is 6.30. The fraction of sp³-hybridized carbons (Fsp3) is 0.0667. The molecule has 0 spiro atoms.